The molecule has 0 bridgehead atoms. The van der Waals surface area contributed by atoms with Crippen molar-refractivity contribution in [3.8, 4) is 5.69 Å². The van der Waals surface area contributed by atoms with Gasteiger partial charge in [-0.05, 0) is 47.5 Å². The molecule has 7 nitrogen and oxygen atoms in total. The molecule has 1 aliphatic carbocycles. The highest BCUT2D eigenvalue weighted by Crippen LogP contribution is 2.19. The monoisotopic (exact) mass is 244 g/mol. The second-order valence-corrected chi connectivity index (χ2v) is 4.17. The van der Waals surface area contributed by atoms with Gasteiger partial charge in [0.05, 0.1) is 5.69 Å². The maximum Gasteiger partial charge on any atom is 0.319 e. The summed E-state index contributed by atoms with van der Waals surface area (Å²) in [5.41, 5.74) is 1.58. The van der Waals surface area contributed by atoms with Gasteiger partial charge in [-0.1, -0.05) is 0 Å². The maximum absolute atomic E-state index is 11.5. The summed E-state index contributed by atoms with van der Waals surface area (Å²) in [6.45, 7) is 0. The standard InChI is InChI=1S/C11H12N6O/c18-11(13-8-1-2-8)14-9-3-5-10(6-4-9)17-7-12-15-16-17/h3-8H,1-2H2,(H2,13,14,18). The molecule has 1 aromatic heterocycles. The first-order valence-electron chi connectivity index (χ1n) is 5.72. The molecule has 1 heterocycles. The fourth-order valence-corrected chi connectivity index (χ4v) is 1.56. The van der Waals surface area contributed by atoms with Crippen molar-refractivity contribution < 1.29 is 4.79 Å². The summed E-state index contributed by atoms with van der Waals surface area (Å²) in [5, 5.41) is 16.5. The molecule has 92 valence electrons. The minimum Gasteiger partial charge on any atom is -0.335 e. The van der Waals surface area contributed by atoms with E-state index >= 15 is 0 Å². The molecular formula is C11H12N6O. The number of carbonyl (C=O) groups is 1. The van der Waals surface area contributed by atoms with E-state index in [1.165, 1.54) is 6.33 Å². The Bertz CT molecular complexity index is 531. The lowest BCUT2D eigenvalue weighted by Gasteiger charge is -2.07. The summed E-state index contributed by atoms with van der Waals surface area (Å²) in [6.07, 6.45) is 3.67. The lowest BCUT2D eigenvalue weighted by atomic mass is 10.3. The van der Waals surface area contributed by atoms with Crippen molar-refractivity contribution in [2.24, 2.45) is 0 Å². The van der Waals surface area contributed by atoms with Crippen LogP contribution in [0.5, 0.6) is 0 Å². The van der Waals surface area contributed by atoms with Crippen molar-refractivity contribution in [2.75, 3.05) is 5.32 Å². The summed E-state index contributed by atoms with van der Waals surface area (Å²) >= 11 is 0. The van der Waals surface area contributed by atoms with E-state index in [-0.39, 0.29) is 6.03 Å². The Kier molecular flexibility index (Phi) is 2.64. The largest absolute Gasteiger partial charge is 0.335 e. The number of nitrogens with zero attached hydrogens (tertiary/aromatic N) is 4. The third-order valence-electron chi connectivity index (χ3n) is 2.65. The van der Waals surface area contributed by atoms with Crippen LogP contribution in [-0.4, -0.2) is 32.3 Å². The topological polar surface area (TPSA) is 84.7 Å². The van der Waals surface area contributed by atoms with E-state index in [1.54, 1.807) is 4.68 Å². The minimum atomic E-state index is -0.160. The normalized spacial score (nSPS) is 14.2. The van der Waals surface area contributed by atoms with Gasteiger partial charge in [0, 0.05) is 11.7 Å². The smallest absolute Gasteiger partial charge is 0.319 e. The number of anilines is 1. The second kappa shape index (κ2) is 4.44. The van der Waals surface area contributed by atoms with Gasteiger partial charge in [0.1, 0.15) is 6.33 Å². The minimum absolute atomic E-state index is 0.160. The van der Waals surface area contributed by atoms with E-state index in [9.17, 15) is 4.79 Å². The van der Waals surface area contributed by atoms with Crippen molar-refractivity contribution >= 4 is 11.7 Å². The second-order valence-electron chi connectivity index (χ2n) is 4.17. The number of carbonyl (C=O) groups excluding carboxylic acids is 1. The van der Waals surface area contributed by atoms with Crippen LogP contribution < -0.4 is 10.6 Å². The van der Waals surface area contributed by atoms with Crippen molar-refractivity contribution in [1.82, 2.24) is 25.5 Å². The molecule has 0 radical (unpaired) electrons. The molecular weight excluding hydrogens is 232 g/mol. The molecule has 3 rings (SSSR count). The molecule has 0 saturated heterocycles. The molecule has 0 spiro atoms. The first-order chi connectivity index (χ1) is 8.81. The van der Waals surface area contributed by atoms with Gasteiger partial charge in [-0.15, -0.1) is 5.10 Å². The Balaban J connectivity index is 1.65. The molecule has 7 heteroatoms. The van der Waals surface area contributed by atoms with Gasteiger partial charge in [-0.3, -0.25) is 0 Å². The third kappa shape index (κ3) is 2.45. The molecule has 1 aliphatic rings. The number of hydrogen-bond acceptors (Lipinski definition) is 4. The molecule has 1 fully saturated rings. The highest BCUT2D eigenvalue weighted by atomic mass is 16.2. The number of nitrogens with one attached hydrogen (secondary N) is 2. The van der Waals surface area contributed by atoms with Crippen molar-refractivity contribution in [3.05, 3.63) is 30.6 Å². The molecule has 0 aliphatic heterocycles. The Hall–Kier alpha value is -2.44. The molecule has 18 heavy (non-hydrogen) atoms. The first kappa shape index (κ1) is 10.7. The van der Waals surface area contributed by atoms with Crippen LogP contribution in [-0.2, 0) is 0 Å². The third-order valence-corrected chi connectivity index (χ3v) is 2.65. The SMILES string of the molecule is O=C(Nc1ccc(-n2cnnn2)cc1)NC1CC1. The zero-order valence-corrected chi connectivity index (χ0v) is 9.58. The summed E-state index contributed by atoms with van der Waals surface area (Å²) < 4.78 is 1.55. The van der Waals surface area contributed by atoms with Crippen molar-refractivity contribution in [1.29, 1.82) is 0 Å². The number of tetrazole rings is 1. The number of benzene rings is 1. The lowest BCUT2D eigenvalue weighted by molar-refractivity contribution is 0.251. The van der Waals surface area contributed by atoms with Gasteiger partial charge in [0.2, 0.25) is 0 Å². The fraction of sp³-hybridized carbons (Fsp3) is 0.273. The number of urea groups is 1. The van der Waals surface area contributed by atoms with Crippen LogP contribution in [0.4, 0.5) is 10.5 Å². The van der Waals surface area contributed by atoms with Crippen LogP contribution in [0, 0.1) is 0 Å². The fourth-order valence-electron chi connectivity index (χ4n) is 1.56. The Labute approximate surface area is 103 Å². The van der Waals surface area contributed by atoms with Crippen LogP contribution in [0.25, 0.3) is 5.69 Å². The van der Waals surface area contributed by atoms with Gasteiger partial charge in [0.15, 0.2) is 0 Å². The summed E-state index contributed by atoms with van der Waals surface area (Å²) in [7, 11) is 0. The summed E-state index contributed by atoms with van der Waals surface area (Å²) in [5.74, 6) is 0. The molecule has 0 atom stereocenters. The van der Waals surface area contributed by atoms with Gasteiger partial charge >= 0.3 is 6.03 Å². The molecule has 2 amide bonds. The van der Waals surface area contributed by atoms with Crippen LogP contribution in [0.1, 0.15) is 12.8 Å². The predicted molar refractivity (Wildman–Crippen MR) is 64.3 cm³/mol. The average Bonchev–Trinajstić information content (AvgIpc) is 3.01. The quantitative estimate of drug-likeness (QED) is 0.841. The number of hydrogen-bond donors (Lipinski definition) is 2. The maximum atomic E-state index is 11.5. The first-order valence-corrected chi connectivity index (χ1v) is 5.72. The Morgan fingerprint density at radius 1 is 1.28 bits per heavy atom. The Morgan fingerprint density at radius 3 is 2.67 bits per heavy atom. The van der Waals surface area contributed by atoms with Crippen molar-refractivity contribution in [2.45, 2.75) is 18.9 Å². The number of aromatic nitrogens is 4. The van der Waals surface area contributed by atoms with Crippen LogP contribution >= 0.6 is 0 Å². The van der Waals surface area contributed by atoms with E-state index in [0.717, 1.165) is 24.2 Å². The van der Waals surface area contributed by atoms with Gasteiger partial charge in [-0.2, -0.15) is 0 Å². The van der Waals surface area contributed by atoms with E-state index in [0.29, 0.717) is 6.04 Å². The van der Waals surface area contributed by atoms with Gasteiger partial charge in [0.25, 0.3) is 0 Å². The summed E-state index contributed by atoms with van der Waals surface area (Å²) in [6, 6.07) is 7.48. The highest BCUT2D eigenvalue weighted by molar-refractivity contribution is 5.89. The van der Waals surface area contributed by atoms with E-state index in [2.05, 4.69) is 26.2 Å². The molecule has 1 saturated carbocycles. The van der Waals surface area contributed by atoms with Crippen molar-refractivity contribution in [3.63, 3.8) is 0 Å². The number of rotatable bonds is 3. The van der Waals surface area contributed by atoms with E-state index in [4.69, 9.17) is 0 Å². The molecule has 0 unspecified atom stereocenters. The molecule has 2 aromatic rings. The van der Waals surface area contributed by atoms with Gasteiger partial charge < -0.3 is 10.6 Å². The average molecular weight is 244 g/mol. The van der Waals surface area contributed by atoms with Crippen LogP contribution in [0.3, 0.4) is 0 Å². The van der Waals surface area contributed by atoms with Gasteiger partial charge in [-0.25, -0.2) is 9.48 Å². The predicted octanol–water partition coefficient (Wildman–Crippen LogP) is 0.946. The summed E-state index contributed by atoms with van der Waals surface area (Å²) in [4.78, 5) is 11.5. The Morgan fingerprint density at radius 2 is 2.06 bits per heavy atom. The molecule has 1 aromatic carbocycles. The lowest BCUT2D eigenvalue weighted by Crippen LogP contribution is -2.30. The van der Waals surface area contributed by atoms with Crippen LogP contribution in [0.2, 0.25) is 0 Å². The number of amides is 2. The molecule has 2 N–H and O–H groups in total. The van der Waals surface area contributed by atoms with Crippen LogP contribution in [0.15, 0.2) is 30.6 Å². The zero-order chi connectivity index (χ0) is 12.4. The zero-order valence-electron chi connectivity index (χ0n) is 9.58. The van der Waals surface area contributed by atoms with E-state index in [1.807, 2.05) is 24.3 Å². The van der Waals surface area contributed by atoms with E-state index < -0.39 is 0 Å². The highest BCUT2D eigenvalue weighted by Gasteiger charge is 2.23.